The van der Waals surface area contributed by atoms with Gasteiger partial charge in [-0.05, 0) is 19.3 Å². The Bertz CT molecular complexity index is 406. The lowest BCUT2D eigenvalue weighted by Crippen LogP contribution is -2.42. The molecule has 0 aliphatic carbocycles. The second-order valence-corrected chi connectivity index (χ2v) is 6.19. The lowest BCUT2D eigenvalue weighted by molar-refractivity contribution is 0.135. The zero-order chi connectivity index (χ0) is 11.9. The monoisotopic (exact) mass is 266 g/mol. The highest BCUT2D eigenvalue weighted by Gasteiger charge is 2.46. The molecular weight excluding hydrogens is 248 g/mol. The molecule has 3 fully saturated rings. The Morgan fingerprint density at radius 1 is 1.22 bits per heavy atom. The van der Waals surface area contributed by atoms with E-state index in [2.05, 4.69) is 20.0 Å². The van der Waals surface area contributed by atoms with E-state index in [1.807, 2.05) is 5.51 Å². The van der Waals surface area contributed by atoms with Crippen LogP contribution in [-0.2, 0) is 4.74 Å². The summed E-state index contributed by atoms with van der Waals surface area (Å²) in [7, 11) is 0. The van der Waals surface area contributed by atoms with Crippen LogP contribution >= 0.6 is 11.3 Å². The van der Waals surface area contributed by atoms with Gasteiger partial charge in [0.25, 0.3) is 0 Å². The molecule has 0 amide bonds. The number of rotatable bonds is 2. The topological polar surface area (TPSA) is 41.5 Å². The molecule has 0 N–H and O–H groups in total. The number of anilines is 1. The summed E-state index contributed by atoms with van der Waals surface area (Å²) in [6, 6.07) is 2.02. The highest BCUT2D eigenvalue weighted by Crippen LogP contribution is 2.37. The molecule has 0 radical (unpaired) electrons. The van der Waals surface area contributed by atoms with Crippen molar-refractivity contribution < 1.29 is 4.74 Å². The fraction of sp³-hybridized carbons (Fsp3) is 0.833. The van der Waals surface area contributed by atoms with Gasteiger partial charge < -0.3 is 9.64 Å². The van der Waals surface area contributed by atoms with Gasteiger partial charge in [0.15, 0.2) is 0 Å². The second-order valence-electron chi connectivity index (χ2n) is 5.38. The van der Waals surface area contributed by atoms with Gasteiger partial charge in [0.05, 0.1) is 6.61 Å². The third-order valence-corrected chi connectivity index (χ3v) is 5.31. The van der Waals surface area contributed by atoms with Gasteiger partial charge in [-0.3, -0.25) is 4.90 Å². The third-order valence-electron chi connectivity index (χ3n) is 4.59. The van der Waals surface area contributed by atoms with Crippen LogP contribution in [0.3, 0.4) is 0 Å². The molecule has 1 aromatic rings. The van der Waals surface area contributed by atoms with Gasteiger partial charge in [-0.15, -0.1) is 10.2 Å². The first-order valence-electron chi connectivity index (χ1n) is 6.80. The van der Waals surface area contributed by atoms with Crippen LogP contribution in [0.25, 0.3) is 0 Å². The van der Waals surface area contributed by atoms with E-state index in [1.54, 1.807) is 11.3 Å². The summed E-state index contributed by atoms with van der Waals surface area (Å²) in [4.78, 5) is 5.16. The van der Waals surface area contributed by atoms with Gasteiger partial charge in [-0.2, -0.15) is 0 Å². The molecule has 0 unspecified atom stereocenters. The first-order chi connectivity index (χ1) is 8.93. The van der Waals surface area contributed by atoms with E-state index in [0.29, 0.717) is 18.1 Å². The Morgan fingerprint density at radius 2 is 2.17 bits per heavy atom. The minimum absolute atomic E-state index is 0.651. The standard InChI is InChI=1S/C12H18N4OS/c1-4-15(9-3-6-17-7-9)10-2-5-16(11(1)10)12-14-13-8-18-12/h8-11H,1-7H2/t9-,10-,11+/m1/s1. The van der Waals surface area contributed by atoms with Crippen molar-refractivity contribution in [1.82, 2.24) is 15.1 Å². The van der Waals surface area contributed by atoms with Gasteiger partial charge in [0.2, 0.25) is 5.13 Å². The summed E-state index contributed by atoms with van der Waals surface area (Å²) in [6.07, 6.45) is 3.74. The summed E-state index contributed by atoms with van der Waals surface area (Å²) in [5, 5.41) is 9.31. The minimum Gasteiger partial charge on any atom is -0.380 e. The maximum atomic E-state index is 5.54. The van der Waals surface area contributed by atoms with Gasteiger partial charge >= 0.3 is 0 Å². The van der Waals surface area contributed by atoms with Crippen LogP contribution in [0, 0.1) is 0 Å². The molecule has 6 heteroatoms. The van der Waals surface area contributed by atoms with E-state index in [4.69, 9.17) is 4.74 Å². The molecule has 0 saturated carbocycles. The first-order valence-corrected chi connectivity index (χ1v) is 7.68. The average molecular weight is 266 g/mol. The molecule has 98 valence electrons. The van der Waals surface area contributed by atoms with Crippen LogP contribution < -0.4 is 4.90 Å². The molecule has 3 aliphatic heterocycles. The molecule has 0 bridgehead atoms. The van der Waals surface area contributed by atoms with Crippen molar-refractivity contribution in [3.05, 3.63) is 5.51 Å². The van der Waals surface area contributed by atoms with Gasteiger partial charge in [0, 0.05) is 37.8 Å². The smallest absolute Gasteiger partial charge is 0.208 e. The predicted molar refractivity (Wildman–Crippen MR) is 70.0 cm³/mol. The predicted octanol–water partition coefficient (Wildman–Crippen LogP) is 0.980. The van der Waals surface area contributed by atoms with E-state index in [-0.39, 0.29) is 0 Å². The zero-order valence-electron chi connectivity index (χ0n) is 10.4. The van der Waals surface area contributed by atoms with Crippen molar-refractivity contribution in [3.63, 3.8) is 0 Å². The van der Waals surface area contributed by atoms with Crippen molar-refractivity contribution in [3.8, 4) is 0 Å². The van der Waals surface area contributed by atoms with Gasteiger partial charge in [0.1, 0.15) is 5.51 Å². The van der Waals surface area contributed by atoms with Gasteiger partial charge in [-0.1, -0.05) is 11.3 Å². The number of aromatic nitrogens is 2. The summed E-state index contributed by atoms with van der Waals surface area (Å²) in [5.41, 5.74) is 1.83. The molecule has 0 aromatic carbocycles. The summed E-state index contributed by atoms with van der Waals surface area (Å²) >= 11 is 1.66. The quantitative estimate of drug-likeness (QED) is 0.798. The Hall–Kier alpha value is -0.720. The minimum atomic E-state index is 0.651. The largest absolute Gasteiger partial charge is 0.380 e. The molecular formula is C12H18N4OS. The first kappa shape index (κ1) is 11.1. The van der Waals surface area contributed by atoms with Crippen LogP contribution in [0.15, 0.2) is 5.51 Å². The molecule has 5 nitrogen and oxygen atoms in total. The van der Waals surface area contributed by atoms with Gasteiger partial charge in [-0.25, -0.2) is 0 Å². The number of ether oxygens (including phenoxy) is 1. The molecule has 3 saturated heterocycles. The summed E-state index contributed by atoms with van der Waals surface area (Å²) in [6.45, 7) is 4.23. The van der Waals surface area contributed by atoms with Crippen molar-refractivity contribution in [2.24, 2.45) is 0 Å². The Kier molecular flexibility index (Phi) is 2.74. The lowest BCUT2D eigenvalue weighted by Gasteiger charge is -2.29. The second kappa shape index (κ2) is 4.43. The average Bonchev–Trinajstić information content (AvgIpc) is 3.14. The van der Waals surface area contributed by atoms with Crippen LogP contribution in [-0.4, -0.2) is 59.5 Å². The lowest BCUT2D eigenvalue weighted by atomic mass is 10.1. The fourth-order valence-electron chi connectivity index (χ4n) is 3.79. The van der Waals surface area contributed by atoms with Crippen molar-refractivity contribution in [2.75, 3.05) is 31.2 Å². The van der Waals surface area contributed by atoms with Crippen LogP contribution in [0.5, 0.6) is 0 Å². The maximum absolute atomic E-state index is 5.54. The number of fused-ring (bicyclic) bond motifs is 1. The number of hydrogen-bond acceptors (Lipinski definition) is 6. The van der Waals surface area contributed by atoms with Crippen molar-refractivity contribution in [2.45, 2.75) is 37.4 Å². The zero-order valence-corrected chi connectivity index (χ0v) is 11.2. The summed E-state index contributed by atoms with van der Waals surface area (Å²) < 4.78 is 5.54. The molecule has 0 spiro atoms. The van der Waals surface area contributed by atoms with E-state index in [9.17, 15) is 0 Å². The number of likely N-dealkylation sites (tertiary alicyclic amines) is 1. The molecule has 4 rings (SSSR count). The summed E-state index contributed by atoms with van der Waals surface area (Å²) in [5.74, 6) is 0. The van der Waals surface area contributed by atoms with Crippen molar-refractivity contribution in [1.29, 1.82) is 0 Å². The molecule has 3 aliphatic rings. The molecule has 1 aromatic heterocycles. The Morgan fingerprint density at radius 3 is 2.94 bits per heavy atom. The maximum Gasteiger partial charge on any atom is 0.208 e. The SMILES string of the molecule is c1nnc(N2CC[C@@H]3[C@@H]2CCN3[C@@H]2CCOC2)s1. The normalized spacial score (nSPS) is 36.4. The Labute approximate surface area is 111 Å². The highest BCUT2D eigenvalue weighted by molar-refractivity contribution is 7.13. The van der Waals surface area contributed by atoms with E-state index in [1.165, 1.54) is 25.8 Å². The number of nitrogens with zero attached hydrogens (tertiary/aromatic N) is 4. The highest BCUT2D eigenvalue weighted by atomic mass is 32.1. The van der Waals surface area contributed by atoms with E-state index < -0.39 is 0 Å². The van der Waals surface area contributed by atoms with E-state index >= 15 is 0 Å². The van der Waals surface area contributed by atoms with Crippen molar-refractivity contribution >= 4 is 16.5 Å². The number of hydrogen-bond donors (Lipinski definition) is 0. The van der Waals surface area contributed by atoms with Crippen LogP contribution in [0.2, 0.25) is 0 Å². The molecule has 3 atom stereocenters. The van der Waals surface area contributed by atoms with Crippen LogP contribution in [0.4, 0.5) is 5.13 Å². The van der Waals surface area contributed by atoms with E-state index in [0.717, 1.165) is 24.9 Å². The van der Waals surface area contributed by atoms with Crippen LogP contribution in [0.1, 0.15) is 19.3 Å². The molecule has 18 heavy (non-hydrogen) atoms. The fourth-order valence-corrected chi connectivity index (χ4v) is 4.43. The Balaban J connectivity index is 1.52. The third kappa shape index (κ3) is 1.66. The molecule has 4 heterocycles.